The van der Waals surface area contributed by atoms with Crippen molar-refractivity contribution in [1.29, 1.82) is 0 Å². The minimum absolute atomic E-state index is 0. The summed E-state index contributed by atoms with van der Waals surface area (Å²) in [6, 6.07) is 57.0. The third kappa shape index (κ3) is 4.72. The van der Waals surface area contributed by atoms with Gasteiger partial charge in [0.1, 0.15) is 0 Å². The predicted molar refractivity (Wildman–Crippen MR) is 190 cm³/mol. The van der Waals surface area contributed by atoms with Crippen LogP contribution in [-0.4, -0.2) is 19.1 Å². The fourth-order valence-corrected chi connectivity index (χ4v) is 6.73. The van der Waals surface area contributed by atoms with E-state index in [1.807, 2.05) is 48.8 Å². The van der Waals surface area contributed by atoms with Gasteiger partial charge in [-0.2, -0.15) is 0 Å². The zero-order valence-electron chi connectivity index (χ0n) is 25.1. The van der Waals surface area contributed by atoms with Gasteiger partial charge < -0.3 is 19.1 Å². The molecule has 47 heavy (non-hydrogen) atoms. The summed E-state index contributed by atoms with van der Waals surface area (Å²) in [6.07, 6.45) is 3.69. The second-order valence-electron chi connectivity index (χ2n) is 11.3. The van der Waals surface area contributed by atoms with Crippen molar-refractivity contribution in [2.24, 2.45) is 0 Å². The number of hydrogen-bond donors (Lipinski definition) is 0. The van der Waals surface area contributed by atoms with Gasteiger partial charge in [0.05, 0.1) is 0 Å². The molecule has 0 fully saturated rings. The summed E-state index contributed by atoms with van der Waals surface area (Å²) in [4.78, 5) is 9.17. The number of nitrogens with zero attached hydrogens (tertiary/aromatic N) is 4. The van der Waals surface area contributed by atoms with E-state index < -0.39 is 0 Å². The Kier molecular flexibility index (Phi) is 7.36. The fraction of sp³-hybridized carbons (Fsp3) is 0. The first-order chi connectivity index (χ1) is 22.9. The Balaban J connectivity index is 0.000000135. The van der Waals surface area contributed by atoms with Crippen molar-refractivity contribution in [2.75, 3.05) is 0 Å². The van der Waals surface area contributed by atoms with Crippen LogP contribution in [0.2, 0.25) is 0 Å². The van der Waals surface area contributed by atoms with Crippen molar-refractivity contribution >= 4 is 65.4 Å². The van der Waals surface area contributed by atoms with Gasteiger partial charge in [0.15, 0.2) is 0 Å². The minimum atomic E-state index is 0. The Morgan fingerprint density at radius 1 is 0.404 bits per heavy atom. The van der Waals surface area contributed by atoms with E-state index in [4.69, 9.17) is 0 Å². The van der Waals surface area contributed by atoms with E-state index in [1.165, 1.54) is 32.9 Å². The molecule has 0 bridgehead atoms. The molecule has 0 atom stereocenters. The number of pyridine rings is 2. The fourth-order valence-electron chi connectivity index (χ4n) is 6.73. The normalized spacial score (nSPS) is 11.2. The summed E-state index contributed by atoms with van der Waals surface area (Å²) < 4.78 is 4.58. The van der Waals surface area contributed by atoms with Gasteiger partial charge in [-0.3, -0.25) is 0 Å². The van der Waals surface area contributed by atoms with Crippen molar-refractivity contribution in [3.05, 3.63) is 170 Å². The van der Waals surface area contributed by atoms with Crippen molar-refractivity contribution in [3.63, 3.8) is 0 Å². The molecule has 224 valence electrons. The Morgan fingerprint density at radius 3 is 1.32 bits per heavy atom. The maximum Gasteiger partial charge on any atom is 2.00 e. The molecule has 0 saturated carbocycles. The Hall–Kier alpha value is -5.57. The predicted octanol–water partition coefficient (Wildman–Crippen LogP) is 10.3. The van der Waals surface area contributed by atoms with Gasteiger partial charge in [0.25, 0.3) is 0 Å². The molecule has 0 N–H and O–H groups in total. The quantitative estimate of drug-likeness (QED) is 0.164. The van der Waals surface area contributed by atoms with Gasteiger partial charge in [-0.1, -0.05) is 83.6 Å². The van der Waals surface area contributed by atoms with E-state index >= 15 is 0 Å². The van der Waals surface area contributed by atoms with Crippen LogP contribution in [-0.2, 0) is 21.1 Å². The van der Waals surface area contributed by atoms with Crippen LogP contribution in [0, 0.1) is 12.1 Å². The van der Waals surface area contributed by atoms with E-state index in [-0.39, 0.29) is 21.1 Å². The van der Waals surface area contributed by atoms with Crippen LogP contribution in [0.3, 0.4) is 0 Å². The largest absolute Gasteiger partial charge is 2.00 e. The standard InChI is InChI=1S/2C21H13N2.Pt/c2*1-2-9-16-15(7-1)8-5-12-18(16)23-19-11-4-3-10-17(19)21-20(23)13-6-14-22-21;/h2*1-9,11-14H;/q2*-1;+2. The molecule has 0 saturated heterocycles. The summed E-state index contributed by atoms with van der Waals surface area (Å²) in [6.45, 7) is 0. The molecule has 0 unspecified atom stereocenters. The second kappa shape index (κ2) is 12.0. The van der Waals surface area contributed by atoms with E-state index in [0.717, 1.165) is 43.9 Å². The molecule has 4 heterocycles. The monoisotopic (exact) mass is 781 g/mol. The summed E-state index contributed by atoms with van der Waals surface area (Å²) in [5, 5.41) is 7.09. The van der Waals surface area contributed by atoms with E-state index in [1.54, 1.807) is 0 Å². The van der Waals surface area contributed by atoms with Crippen molar-refractivity contribution in [1.82, 2.24) is 19.1 Å². The van der Waals surface area contributed by atoms with Crippen LogP contribution in [0.1, 0.15) is 0 Å². The van der Waals surface area contributed by atoms with Crippen LogP contribution in [0.15, 0.2) is 158 Å². The number of benzene rings is 6. The molecule has 0 spiro atoms. The van der Waals surface area contributed by atoms with E-state index in [9.17, 15) is 0 Å². The zero-order chi connectivity index (χ0) is 30.5. The molecular formula is C42H26N4Pt. The Labute approximate surface area is 285 Å². The maximum atomic E-state index is 4.58. The maximum absolute atomic E-state index is 4.58. The van der Waals surface area contributed by atoms with Crippen molar-refractivity contribution in [3.8, 4) is 11.4 Å². The molecular weight excluding hydrogens is 756 g/mol. The van der Waals surface area contributed by atoms with Gasteiger partial charge in [-0.05, 0) is 58.2 Å². The first kappa shape index (κ1) is 28.9. The van der Waals surface area contributed by atoms with Gasteiger partial charge in [-0.25, -0.2) is 0 Å². The molecule has 0 aliphatic carbocycles. The molecule has 0 aliphatic heterocycles. The first-order valence-electron chi connectivity index (χ1n) is 15.3. The SMILES string of the molecule is [Pt+2].[c-]1cccc2c1c1ncccc1n2-c1cccc2ccccc12.[c-]1cccc2c1c1ncccc1n2-c1cccc2ccccc12. The molecule has 0 aliphatic rings. The molecule has 0 radical (unpaired) electrons. The third-order valence-electron chi connectivity index (χ3n) is 8.69. The molecule has 5 heteroatoms. The van der Waals surface area contributed by atoms with Crippen molar-refractivity contribution < 1.29 is 21.1 Å². The summed E-state index contributed by atoms with van der Waals surface area (Å²) in [5.41, 5.74) is 8.84. The summed E-state index contributed by atoms with van der Waals surface area (Å²) in [7, 11) is 0. The summed E-state index contributed by atoms with van der Waals surface area (Å²) in [5.74, 6) is 0. The Morgan fingerprint density at radius 2 is 0.830 bits per heavy atom. The smallest absolute Gasteiger partial charge is 0.357 e. The van der Waals surface area contributed by atoms with E-state index in [2.05, 4.69) is 140 Å². The molecule has 10 aromatic rings. The van der Waals surface area contributed by atoms with Crippen LogP contribution in [0.4, 0.5) is 0 Å². The average molecular weight is 782 g/mol. The Bertz CT molecular complexity index is 2420. The average Bonchev–Trinajstić information content (AvgIpc) is 3.64. The van der Waals surface area contributed by atoms with Crippen LogP contribution >= 0.6 is 0 Å². The van der Waals surface area contributed by atoms with Gasteiger partial charge >= 0.3 is 21.1 Å². The molecule has 0 amide bonds. The molecule has 4 nitrogen and oxygen atoms in total. The number of hydrogen-bond acceptors (Lipinski definition) is 2. The third-order valence-corrected chi connectivity index (χ3v) is 8.69. The van der Waals surface area contributed by atoms with Gasteiger partial charge in [-0.15, -0.1) is 48.5 Å². The minimum Gasteiger partial charge on any atom is -0.357 e. The molecule has 4 aromatic heterocycles. The first-order valence-corrected chi connectivity index (χ1v) is 15.3. The van der Waals surface area contributed by atoms with Crippen LogP contribution < -0.4 is 0 Å². The second-order valence-corrected chi connectivity index (χ2v) is 11.3. The number of fused-ring (bicyclic) bond motifs is 8. The van der Waals surface area contributed by atoms with Crippen LogP contribution in [0.5, 0.6) is 0 Å². The number of rotatable bonds is 2. The molecule has 10 rings (SSSR count). The van der Waals surface area contributed by atoms with Gasteiger partial charge in [0, 0.05) is 56.6 Å². The van der Waals surface area contributed by atoms with Crippen molar-refractivity contribution in [2.45, 2.75) is 0 Å². The summed E-state index contributed by atoms with van der Waals surface area (Å²) >= 11 is 0. The molecule has 6 aromatic carbocycles. The van der Waals surface area contributed by atoms with Gasteiger partial charge in [0.2, 0.25) is 0 Å². The van der Waals surface area contributed by atoms with Crippen LogP contribution in [0.25, 0.3) is 76.8 Å². The zero-order valence-corrected chi connectivity index (χ0v) is 27.4. The van der Waals surface area contributed by atoms with E-state index in [0.29, 0.717) is 0 Å². The number of aromatic nitrogens is 4. The topological polar surface area (TPSA) is 35.6 Å².